The molecule has 1 heterocycles. The summed E-state index contributed by atoms with van der Waals surface area (Å²) in [5.41, 5.74) is 8.39. The third-order valence-electron chi connectivity index (χ3n) is 3.80. The summed E-state index contributed by atoms with van der Waals surface area (Å²) in [4.78, 5) is 19.1. The van der Waals surface area contributed by atoms with E-state index in [0.717, 1.165) is 24.1 Å². The van der Waals surface area contributed by atoms with Crippen molar-refractivity contribution in [2.45, 2.75) is 32.9 Å². The molecule has 0 amide bonds. The van der Waals surface area contributed by atoms with E-state index in [1.807, 2.05) is 24.7 Å². The molecule has 0 saturated carbocycles. The summed E-state index contributed by atoms with van der Waals surface area (Å²) in [6, 6.07) is 0.100. The highest BCUT2D eigenvalue weighted by atomic mass is 16.5. The zero-order chi connectivity index (χ0) is 20.0. The van der Waals surface area contributed by atoms with Crippen LogP contribution in [-0.4, -0.2) is 44.6 Å². The molecule has 1 aromatic heterocycles. The molecule has 144 valence electrons. The standard InChI is InChI=1S/C15H19N3O.C4H4O4/c1-3-19-15-6-4-5-11-12(15)7-14-13(11)8-17-18(14)9-10(2)16;5-3(6)1-2-4(7)8/h4,6-8,10H,3,5,9,16H2,1-2H3;1-2H,(H,5,6)(H,7,8)/t10-;/m0./s1. The molecule has 0 aromatic carbocycles. The highest BCUT2D eigenvalue weighted by molar-refractivity contribution is 5.89. The number of aliphatic carboxylic acids is 2. The van der Waals surface area contributed by atoms with Gasteiger partial charge in [0.2, 0.25) is 0 Å². The van der Waals surface area contributed by atoms with Crippen LogP contribution in [0.2, 0.25) is 0 Å². The van der Waals surface area contributed by atoms with Crippen LogP contribution in [0.25, 0.3) is 11.6 Å². The lowest BCUT2D eigenvalue weighted by molar-refractivity contribution is -0.134. The van der Waals surface area contributed by atoms with Crippen LogP contribution in [-0.2, 0) is 20.9 Å². The van der Waals surface area contributed by atoms with Crippen LogP contribution in [0.3, 0.4) is 0 Å². The fourth-order valence-corrected chi connectivity index (χ4v) is 2.80. The summed E-state index contributed by atoms with van der Waals surface area (Å²) in [5.74, 6) is -1.55. The Kier molecular flexibility index (Phi) is 6.73. The largest absolute Gasteiger partial charge is 0.493 e. The molecule has 0 fully saturated rings. The lowest BCUT2D eigenvalue weighted by Crippen LogP contribution is -2.33. The fourth-order valence-electron chi connectivity index (χ4n) is 2.80. The van der Waals surface area contributed by atoms with Gasteiger partial charge in [0.25, 0.3) is 0 Å². The zero-order valence-electron chi connectivity index (χ0n) is 15.3. The van der Waals surface area contributed by atoms with Gasteiger partial charge in [0, 0.05) is 29.0 Å². The minimum absolute atomic E-state index is 0.100. The normalized spacial score (nSPS) is 15.6. The van der Waals surface area contributed by atoms with Crippen molar-refractivity contribution in [3.8, 4) is 0 Å². The number of nitrogens with two attached hydrogens (primary N) is 1. The Morgan fingerprint density at radius 1 is 1.37 bits per heavy atom. The maximum absolute atomic E-state index is 9.55. The van der Waals surface area contributed by atoms with Gasteiger partial charge in [-0.25, -0.2) is 9.59 Å². The van der Waals surface area contributed by atoms with Crippen molar-refractivity contribution in [3.05, 3.63) is 52.4 Å². The summed E-state index contributed by atoms with van der Waals surface area (Å²) in [6.07, 6.45) is 10.4. The molecule has 2 aliphatic carbocycles. The predicted molar refractivity (Wildman–Crippen MR) is 99.8 cm³/mol. The molecular formula is C19H23N3O5. The lowest BCUT2D eigenvalue weighted by atomic mass is 9.99. The van der Waals surface area contributed by atoms with Gasteiger partial charge in [0.1, 0.15) is 5.76 Å². The van der Waals surface area contributed by atoms with Crippen LogP contribution in [0.4, 0.5) is 0 Å². The van der Waals surface area contributed by atoms with E-state index in [2.05, 4.69) is 23.3 Å². The summed E-state index contributed by atoms with van der Waals surface area (Å²) >= 11 is 0. The van der Waals surface area contributed by atoms with Crippen LogP contribution in [0.1, 0.15) is 20.3 Å². The van der Waals surface area contributed by atoms with Crippen LogP contribution >= 0.6 is 0 Å². The number of hydrogen-bond donors (Lipinski definition) is 3. The molecule has 4 N–H and O–H groups in total. The summed E-state index contributed by atoms with van der Waals surface area (Å²) in [5, 5.41) is 22.4. The summed E-state index contributed by atoms with van der Waals surface area (Å²) in [7, 11) is 0. The number of rotatable bonds is 6. The molecule has 0 radical (unpaired) electrons. The van der Waals surface area contributed by atoms with E-state index in [1.165, 1.54) is 16.4 Å². The van der Waals surface area contributed by atoms with E-state index in [-0.39, 0.29) is 6.04 Å². The van der Waals surface area contributed by atoms with E-state index < -0.39 is 11.9 Å². The van der Waals surface area contributed by atoms with Gasteiger partial charge in [-0.2, -0.15) is 5.10 Å². The van der Waals surface area contributed by atoms with Crippen molar-refractivity contribution in [3.63, 3.8) is 0 Å². The van der Waals surface area contributed by atoms with Crippen molar-refractivity contribution in [1.29, 1.82) is 0 Å². The average Bonchev–Trinajstić information content (AvgIpc) is 3.14. The number of allylic oxidation sites excluding steroid dienone is 3. The molecule has 1 atom stereocenters. The molecule has 0 aliphatic heterocycles. The number of aromatic nitrogens is 2. The Morgan fingerprint density at radius 2 is 2.04 bits per heavy atom. The SMILES string of the molecule is CCOC1=C2C=c3c(cnn3C[C@H](C)N)=C2CC=C1.O=C(O)C=CC(=O)O. The molecule has 1 aromatic rings. The molecule has 0 spiro atoms. The molecule has 27 heavy (non-hydrogen) atoms. The number of carboxylic acid groups (broad SMARTS) is 2. The first-order valence-electron chi connectivity index (χ1n) is 8.53. The highest BCUT2D eigenvalue weighted by Gasteiger charge is 2.20. The van der Waals surface area contributed by atoms with Crippen LogP contribution in [0, 0.1) is 0 Å². The summed E-state index contributed by atoms with van der Waals surface area (Å²) in [6.45, 7) is 5.43. The predicted octanol–water partition coefficient (Wildman–Crippen LogP) is 0.137. The number of fused-ring (bicyclic) bond motifs is 2. The first kappa shape index (κ1) is 20.2. The first-order chi connectivity index (χ1) is 12.8. The quantitative estimate of drug-likeness (QED) is 0.605. The number of carboxylic acids is 2. The molecule has 0 saturated heterocycles. The van der Waals surface area contributed by atoms with E-state index in [4.69, 9.17) is 20.7 Å². The molecular weight excluding hydrogens is 350 g/mol. The fraction of sp³-hybridized carbons (Fsp3) is 0.316. The maximum atomic E-state index is 9.55. The molecule has 2 aliphatic rings. The van der Waals surface area contributed by atoms with Crippen molar-refractivity contribution in [2.24, 2.45) is 5.73 Å². The summed E-state index contributed by atoms with van der Waals surface area (Å²) < 4.78 is 7.69. The van der Waals surface area contributed by atoms with Crippen molar-refractivity contribution >= 4 is 23.6 Å². The van der Waals surface area contributed by atoms with E-state index in [1.54, 1.807) is 0 Å². The second-order valence-electron chi connectivity index (χ2n) is 6.05. The van der Waals surface area contributed by atoms with Gasteiger partial charge in [-0.1, -0.05) is 6.08 Å². The number of ether oxygens (including phenoxy) is 1. The Bertz CT molecular complexity index is 919. The monoisotopic (exact) mass is 373 g/mol. The zero-order valence-corrected chi connectivity index (χ0v) is 15.3. The van der Waals surface area contributed by atoms with E-state index in [0.29, 0.717) is 18.8 Å². The number of carbonyl (C=O) groups is 2. The van der Waals surface area contributed by atoms with E-state index >= 15 is 0 Å². The molecule has 8 nitrogen and oxygen atoms in total. The third-order valence-corrected chi connectivity index (χ3v) is 3.80. The van der Waals surface area contributed by atoms with Gasteiger partial charge in [0.05, 0.1) is 24.7 Å². The van der Waals surface area contributed by atoms with Crippen LogP contribution in [0.5, 0.6) is 0 Å². The Labute approximate surface area is 156 Å². The van der Waals surface area contributed by atoms with Gasteiger partial charge in [0.15, 0.2) is 0 Å². The second-order valence-corrected chi connectivity index (χ2v) is 6.05. The Hall–Kier alpha value is -3.13. The van der Waals surface area contributed by atoms with Gasteiger partial charge in [-0.05, 0) is 38.0 Å². The van der Waals surface area contributed by atoms with Gasteiger partial charge >= 0.3 is 11.9 Å². The Balaban J connectivity index is 0.000000279. The van der Waals surface area contributed by atoms with Crippen LogP contribution < -0.4 is 16.3 Å². The number of hydrogen-bond acceptors (Lipinski definition) is 5. The van der Waals surface area contributed by atoms with Crippen LogP contribution in [0.15, 0.2) is 41.8 Å². The first-order valence-corrected chi connectivity index (χ1v) is 8.53. The van der Waals surface area contributed by atoms with Crippen molar-refractivity contribution < 1.29 is 24.5 Å². The minimum atomic E-state index is -1.26. The minimum Gasteiger partial charge on any atom is -0.493 e. The van der Waals surface area contributed by atoms with Crippen molar-refractivity contribution in [2.75, 3.05) is 6.61 Å². The molecule has 0 bridgehead atoms. The van der Waals surface area contributed by atoms with Gasteiger partial charge in [-0.15, -0.1) is 0 Å². The topological polar surface area (TPSA) is 128 Å². The lowest BCUT2D eigenvalue weighted by Gasteiger charge is -2.14. The molecule has 0 unspecified atom stereocenters. The highest BCUT2D eigenvalue weighted by Crippen LogP contribution is 2.28. The third kappa shape index (κ3) is 5.18. The maximum Gasteiger partial charge on any atom is 0.328 e. The number of nitrogens with zero attached hydrogens (tertiary/aromatic N) is 2. The second kappa shape index (κ2) is 9.00. The Morgan fingerprint density at radius 3 is 2.59 bits per heavy atom. The van der Waals surface area contributed by atoms with E-state index in [9.17, 15) is 9.59 Å². The van der Waals surface area contributed by atoms with Gasteiger partial charge in [-0.3, -0.25) is 4.68 Å². The molecule has 3 rings (SSSR count). The molecule has 8 heteroatoms. The van der Waals surface area contributed by atoms with Gasteiger partial charge < -0.3 is 20.7 Å². The van der Waals surface area contributed by atoms with Crippen molar-refractivity contribution in [1.82, 2.24) is 9.78 Å². The smallest absolute Gasteiger partial charge is 0.328 e. The average molecular weight is 373 g/mol.